The van der Waals surface area contributed by atoms with Gasteiger partial charge in [-0.3, -0.25) is 4.84 Å². The van der Waals surface area contributed by atoms with Crippen LogP contribution in [0.25, 0.3) is 0 Å². The van der Waals surface area contributed by atoms with E-state index in [4.69, 9.17) is 5.11 Å². The highest BCUT2D eigenvalue weighted by molar-refractivity contribution is 9.09. The van der Waals surface area contributed by atoms with Gasteiger partial charge in [0.15, 0.2) is 6.10 Å². The monoisotopic (exact) mass is 209 g/mol. The van der Waals surface area contributed by atoms with E-state index in [1.54, 1.807) is 6.08 Å². The Bertz CT molecular complexity index is 137. The summed E-state index contributed by atoms with van der Waals surface area (Å²) < 4.78 is 0. The lowest BCUT2D eigenvalue weighted by molar-refractivity contribution is -0.147. The molecule has 0 spiro atoms. The van der Waals surface area contributed by atoms with Gasteiger partial charge in [-0.15, -0.1) is 0 Å². The van der Waals surface area contributed by atoms with Crippen LogP contribution in [0.5, 0.6) is 0 Å². The number of alkyl halides is 1. The molecule has 0 fully saturated rings. The fraction of sp³-hybridized carbons (Fsp3) is 0.400. The van der Waals surface area contributed by atoms with Crippen molar-refractivity contribution < 1.29 is 14.7 Å². The van der Waals surface area contributed by atoms with Gasteiger partial charge >= 0.3 is 5.97 Å². The number of carboxylic acids is 1. The van der Waals surface area contributed by atoms with Crippen molar-refractivity contribution in [2.75, 3.05) is 5.33 Å². The average Bonchev–Trinajstić information content (AvgIpc) is 1.89. The molecule has 0 saturated carbocycles. The van der Waals surface area contributed by atoms with Crippen LogP contribution < -0.4 is 5.90 Å². The van der Waals surface area contributed by atoms with Gasteiger partial charge in [-0.2, -0.15) is 0 Å². The Hall–Kier alpha value is -0.390. The Labute approximate surface area is 66.7 Å². The van der Waals surface area contributed by atoms with Crippen molar-refractivity contribution in [1.29, 1.82) is 0 Å². The largest absolute Gasteiger partial charge is 0.479 e. The molecule has 58 valence electrons. The topological polar surface area (TPSA) is 72.5 Å². The van der Waals surface area contributed by atoms with Crippen molar-refractivity contribution in [3.05, 3.63) is 12.2 Å². The Morgan fingerprint density at radius 2 is 2.50 bits per heavy atom. The third-order valence-electron chi connectivity index (χ3n) is 0.790. The summed E-state index contributed by atoms with van der Waals surface area (Å²) in [6.45, 7) is 0. The average molecular weight is 210 g/mol. The molecule has 10 heavy (non-hydrogen) atoms. The summed E-state index contributed by atoms with van der Waals surface area (Å²) in [7, 11) is 0. The van der Waals surface area contributed by atoms with E-state index in [1.807, 2.05) is 0 Å². The Morgan fingerprint density at radius 1 is 1.90 bits per heavy atom. The van der Waals surface area contributed by atoms with Crippen LogP contribution in [-0.4, -0.2) is 22.5 Å². The normalized spacial score (nSPS) is 13.8. The van der Waals surface area contributed by atoms with E-state index in [0.29, 0.717) is 5.33 Å². The number of rotatable bonds is 4. The highest BCUT2D eigenvalue weighted by atomic mass is 79.9. The van der Waals surface area contributed by atoms with Gasteiger partial charge < -0.3 is 5.11 Å². The molecule has 0 aliphatic rings. The highest BCUT2D eigenvalue weighted by Gasteiger charge is 2.11. The van der Waals surface area contributed by atoms with Crippen LogP contribution in [0, 0.1) is 0 Å². The summed E-state index contributed by atoms with van der Waals surface area (Å²) in [4.78, 5) is 14.3. The lowest BCUT2D eigenvalue weighted by atomic mass is 10.3. The molecule has 0 heterocycles. The van der Waals surface area contributed by atoms with Crippen molar-refractivity contribution in [2.24, 2.45) is 5.90 Å². The quantitative estimate of drug-likeness (QED) is 0.397. The molecule has 1 unspecified atom stereocenters. The Morgan fingerprint density at radius 3 is 2.80 bits per heavy atom. The molecule has 5 heteroatoms. The number of carboxylic acid groups (broad SMARTS) is 1. The van der Waals surface area contributed by atoms with Gasteiger partial charge in [0.25, 0.3) is 0 Å². The van der Waals surface area contributed by atoms with Crippen LogP contribution >= 0.6 is 15.9 Å². The molecule has 0 amide bonds. The number of hydrogen-bond donors (Lipinski definition) is 2. The molecule has 0 aromatic heterocycles. The van der Waals surface area contributed by atoms with E-state index < -0.39 is 12.1 Å². The molecule has 0 aromatic rings. The van der Waals surface area contributed by atoms with Crippen LogP contribution in [0.3, 0.4) is 0 Å². The molecule has 4 nitrogen and oxygen atoms in total. The number of hydrogen-bond acceptors (Lipinski definition) is 3. The molecule has 0 aromatic carbocycles. The van der Waals surface area contributed by atoms with Crippen molar-refractivity contribution in [1.82, 2.24) is 0 Å². The van der Waals surface area contributed by atoms with Crippen LogP contribution in [0.2, 0.25) is 0 Å². The number of nitrogens with two attached hydrogens (primary N) is 1. The summed E-state index contributed by atoms with van der Waals surface area (Å²) in [6.07, 6.45) is 1.92. The maximum absolute atomic E-state index is 10.2. The first-order valence-electron chi connectivity index (χ1n) is 2.53. The molecule has 0 aliphatic heterocycles. The minimum atomic E-state index is -1.10. The zero-order valence-electron chi connectivity index (χ0n) is 5.16. The van der Waals surface area contributed by atoms with Crippen molar-refractivity contribution >= 4 is 21.9 Å². The number of carbonyl (C=O) groups is 1. The number of aliphatic carboxylic acids is 1. The second-order valence-electron chi connectivity index (χ2n) is 1.48. The second kappa shape index (κ2) is 5.40. The number of allylic oxidation sites excluding steroid dienone is 1. The van der Waals surface area contributed by atoms with E-state index in [-0.39, 0.29) is 0 Å². The minimum absolute atomic E-state index is 0.583. The molecule has 0 radical (unpaired) electrons. The smallest absolute Gasteiger partial charge is 0.339 e. The van der Waals surface area contributed by atoms with E-state index in [0.717, 1.165) is 0 Å². The summed E-state index contributed by atoms with van der Waals surface area (Å²) in [6, 6.07) is 0. The van der Waals surface area contributed by atoms with Gasteiger partial charge in [0.05, 0.1) is 0 Å². The van der Waals surface area contributed by atoms with Gasteiger partial charge in [-0.05, 0) is 6.08 Å². The summed E-state index contributed by atoms with van der Waals surface area (Å²) in [5.74, 6) is 3.57. The first-order chi connectivity index (χ1) is 4.72. The van der Waals surface area contributed by atoms with Crippen LogP contribution in [0.4, 0.5) is 0 Å². The molecule has 0 bridgehead atoms. The maximum Gasteiger partial charge on any atom is 0.339 e. The highest BCUT2D eigenvalue weighted by Crippen LogP contribution is 1.92. The summed E-state index contributed by atoms with van der Waals surface area (Å²) in [5.41, 5.74) is 0. The first kappa shape index (κ1) is 9.61. The molecule has 3 N–H and O–H groups in total. The van der Waals surface area contributed by atoms with Gasteiger partial charge in [-0.25, -0.2) is 10.7 Å². The van der Waals surface area contributed by atoms with Crippen LogP contribution in [0.15, 0.2) is 12.2 Å². The first-order valence-corrected chi connectivity index (χ1v) is 3.65. The van der Waals surface area contributed by atoms with E-state index >= 15 is 0 Å². The molecule has 0 aliphatic carbocycles. The molecular weight excluding hydrogens is 202 g/mol. The zero-order valence-corrected chi connectivity index (χ0v) is 6.74. The lowest BCUT2D eigenvalue weighted by Gasteiger charge is -2.01. The predicted molar refractivity (Wildman–Crippen MR) is 39.6 cm³/mol. The molecule has 1 atom stereocenters. The second-order valence-corrected chi connectivity index (χ2v) is 2.12. The van der Waals surface area contributed by atoms with Gasteiger partial charge in [-0.1, -0.05) is 22.0 Å². The van der Waals surface area contributed by atoms with E-state index in [2.05, 4.69) is 26.7 Å². The fourth-order valence-corrected chi connectivity index (χ4v) is 0.577. The number of halogens is 1. The van der Waals surface area contributed by atoms with Crippen LogP contribution in [0.1, 0.15) is 0 Å². The summed E-state index contributed by atoms with van der Waals surface area (Å²) in [5, 5.41) is 8.91. The van der Waals surface area contributed by atoms with E-state index in [1.165, 1.54) is 6.08 Å². The standard InChI is InChI=1S/C5H8BrNO3/c6-3-1-2-4(10-7)5(8)9/h1-2,4H,3,7H2,(H,8,9). The third kappa shape index (κ3) is 3.60. The minimum Gasteiger partial charge on any atom is -0.479 e. The van der Waals surface area contributed by atoms with Crippen molar-refractivity contribution in [2.45, 2.75) is 6.10 Å². The summed E-state index contributed by atoms with van der Waals surface area (Å²) >= 11 is 3.08. The zero-order chi connectivity index (χ0) is 7.98. The molecular formula is C5H8BrNO3. The fourth-order valence-electron chi connectivity index (χ4n) is 0.361. The van der Waals surface area contributed by atoms with Crippen LogP contribution in [-0.2, 0) is 9.63 Å². The van der Waals surface area contributed by atoms with Gasteiger partial charge in [0, 0.05) is 5.33 Å². The Balaban J connectivity index is 3.83. The molecule has 0 rings (SSSR count). The lowest BCUT2D eigenvalue weighted by Crippen LogP contribution is -2.24. The maximum atomic E-state index is 10.2. The van der Waals surface area contributed by atoms with Crippen molar-refractivity contribution in [3.8, 4) is 0 Å². The van der Waals surface area contributed by atoms with Gasteiger partial charge in [0.2, 0.25) is 0 Å². The Kier molecular flexibility index (Phi) is 5.19. The SMILES string of the molecule is NOC(C=CCBr)C(=O)O. The predicted octanol–water partition coefficient (Wildman–Crippen LogP) is 0.281. The third-order valence-corrected chi connectivity index (χ3v) is 1.16. The van der Waals surface area contributed by atoms with E-state index in [9.17, 15) is 4.79 Å². The van der Waals surface area contributed by atoms with Gasteiger partial charge in [0.1, 0.15) is 0 Å². The molecule has 0 saturated heterocycles. The van der Waals surface area contributed by atoms with Crippen molar-refractivity contribution in [3.63, 3.8) is 0 Å².